The van der Waals surface area contributed by atoms with E-state index in [1.165, 1.54) is 38.9 Å². The Morgan fingerprint density at radius 3 is 2.69 bits per heavy atom. The van der Waals surface area contributed by atoms with Crippen molar-refractivity contribution < 1.29 is 0 Å². The molecular weight excluding hydrogens is 196 g/mol. The van der Waals surface area contributed by atoms with Crippen molar-refractivity contribution in [2.24, 2.45) is 5.92 Å². The first kappa shape index (κ1) is 13.5. The first-order valence-corrected chi connectivity index (χ1v) is 6.67. The molecule has 1 fully saturated rings. The number of nitrogens with zero attached hydrogens (tertiary/aromatic N) is 1. The van der Waals surface area contributed by atoms with Gasteiger partial charge in [0.05, 0.1) is 0 Å². The number of terminal acetylenes is 1. The SMILES string of the molecule is C#CCCNC(C)C1CCN(CCC)CC1. The fourth-order valence-corrected chi connectivity index (χ4v) is 2.53. The van der Waals surface area contributed by atoms with Crippen molar-refractivity contribution in [1.29, 1.82) is 0 Å². The summed E-state index contributed by atoms with van der Waals surface area (Å²) in [6.45, 7) is 9.35. The van der Waals surface area contributed by atoms with E-state index in [0.717, 1.165) is 18.9 Å². The molecule has 0 bridgehead atoms. The molecule has 1 rings (SSSR count). The van der Waals surface area contributed by atoms with Gasteiger partial charge in [0, 0.05) is 19.0 Å². The van der Waals surface area contributed by atoms with Gasteiger partial charge in [0.25, 0.3) is 0 Å². The number of nitrogens with one attached hydrogen (secondary N) is 1. The maximum atomic E-state index is 5.25. The van der Waals surface area contributed by atoms with Crippen LogP contribution in [0.3, 0.4) is 0 Å². The monoisotopic (exact) mass is 222 g/mol. The van der Waals surface area contributed by atoms with Crippen molar-refractivity contribution in [3.05, 3.63) is 0 Å². The summed E-state index contributed by atoms with van der Waals surface area (Å²) in [6, 6.07) is 0.622. The third kappa shape index (κ3) is 4.55. The molecule has 0 aromatic rings. The first-order chi connectivity index (χ1) is 7.77. The molecule has 1 atom stereocenters. The quantitative estimate of drug-likeness (QED) is 0.547. The highest BCUT2D eigenvalue weighted by Gasteiger charge is 2.22. The zero-order valence-electron chi connectivity index (χ0n) is 10.8. The molecule has 16 heavy (non-hydrogen) atoms. The van der Waals surface area contributed by atoms with Gasteiger partial charge in [-0.3, -0.25) is 0 Å². The molecule has 1 aliphatic heterocycles. The summed E-state index contributed by atoms with van der Waals surface area (Å²) < 4.78 is 0. The summed E-state index contributed by atoms with van der Waals surface area (Å²) in [7, 11) is 0. The van der Waals surface area contributed by atoms with Crippen molar-refractivity contribution in [2.75, 3.05) is 26.2 Å². The molecule has 0 aliphatic carbocycles. The van der Waals surface area contributed by atoms with Crippen LogP contribution >= 0.6 is 0 Å². The highest BCUT2D eigenvalue weighted by Crippen LogP contribution is 2.20. The van der Waals surface area contributed by atoms with E-state index >= 15 is 0 Å². The molecule has 1 unspecified atom stereocenters. The van der Waals surface area contributed by atoms with Gasteiger partial charge in [-0.25, -0.2) is 0 Å². The lowest BCUT2D eigenvalue weighted by molar-refractivity contribution is 0.163. The van der Waals surface area contributed by atoms with Gasteiger partial charge in [-0.15, -0.1) is 12.3 Å². The van der Waals surface area contributed by atoms with Crippen molar-refractivity contribution in [1.82, 2.24) is 10.2 Å². The van der Waals surface area contributed by atoms with Gasteiger partial charge >= 0.3 is 0 Å². The van der Waals surface area contributed by atoms with E-state index in [1.807, 2.05) is 0 Å². The Hall–Kier alpha value is -0.520. The number of piperidine rings is 1. The van der Waals surface area contributed by atoms with Gasteiger partial charge in [-0.1, -0.05) is 6.92 Å². The molecular formula is C14H26N2. The van der Waals surface area contributed by atoms with E-state index in [0.29, 0.717) is 6.04 Å². The van der Waals surface area contributed by atoms with E-state index in [9.17, 15) is 0 Å². The van der Waals surface area contributed by atoms with Crippen LogP contribution in [0.1, 0.15) is 39.5 Å². The molecule has 0 aromatic heterocycles. The summed E-state index contributed by atoms with van der Waals surface area (Å²) >= 11 is 0. The lowest BCUT2D eigenvalue weighted by Gasteiger charge is -2.35. The van der Waals surface area contributed by atoms with Crippen molar-refractivity contribution >= 4 is 0 Å². The Kier molecular flexibility index (Phi) is 6.52. The number of likely N-dealkylation sites (tertiary alicyclic amines) is 1. The van der Waals surface area contributed by atoms with Gasteiger partial charge in [0.2, 0.25) is 0 Å². The molecule has 1 heterocycles. The van der Waals surface area contributed by atoms with Crippen molar-refractivity contribution in [3.63, 3.8) is 0 Å². The largest absolute Gasteiger partial charge is 0.313 e. The zero-order chi connectivity index (χ0) is 11.8. The summed E-state index contributed by atoms with van der Waals surface area (Å²) in [5.74, 6) is 3.52. The lowest BCUT2D eigenvalue weighted by atomic mass is 9.90. The minimum atomic E-state index is 0.622. The topological polar surface area (TPSA) is 15.3 Å². The lowest BCUT2D eigenvalue weighted by Crippen LogP contribution is -2.42. The van der Waals surface area contributed by atoms with Gasteiger partial charge in [0.15, 0.2) is 0 Å². The second kappa shape index (κ2) is 7.70. The number of hydrogen-bond acceptors (Lipinski definition) is 2. The van der Waals surface area contributed by atoms with Crippen LogP contribution in [0, 0.1) is 18.3 Å². The second-order valence-electron chi connectivity index (χ2n) is 4.88. The van der Waals surface area contributed by atoms with Gasteiger partial charge in [-0.2, -0.15) is 0 Å². The van der Waals surface area contributed by atoms with Crippen molar-refractivity contribution in [3.8, 4) is 12.3 Å². The Balaban J connectivity index is 2.17. The molecule has 0 spiro atoms. The van der Waals surface area contributed by atoms with Crippen LogP contribution in [0.5, 0.6) is 0 Å². The Morgan fingerprint density at radius 2 is 2.12 bits per heavy atom. The fraction of sp³-hybridized carbons (Fsp3) is 0.857. The Morgan fingerprint density at radius 1 is 1.44 bits per heavy atom. The van der Waals surface area contributed by atoms with Crippen LogP contribution in [0.25, 0.3) is 0 Å². The molecule has 1 aliphatic rings. The fourth-order valence-electron chi connectivity index (χ4n) is 2.53. The Bertz CT molecular complexity index is 211. The first-order valence-electron chi connectivity index (χ1n) is 6.67. The van der Waals surface area contributed by atoms with Crippen LogP contribution in [-0.4, -0.2) is 37.1 Å². The van der Waals surface area contributed by atoms with Gasteiger partial charge in [0.1, 0.15) is 0 Å². The number of hydrogen-bond donors (Lipinski definition) is 1. The molecule has 2 heteroatoms. The summed E-state index contributed by atoms with van der Waals surface area (Å²) in [5, 5.41) is 3.54. The summed E-state index contributed by atoms with van der Waals surface area (Å²) in [6.07, 6.45) is 10.0. The van der Waals surface area contributed by atoms with E-state index < -0.39 is 0 Å². The molecule has 92 valence electrons. The smallest absolute Gasteiger partial charge is 0.0211 e. The molecule has 0 saturated carbocycles. The molecule has 0 aromatic carbocycles. The Labute approximate surface area is 101 Å². The maximum absolute atomic E-state index is 5.25. The highest BCUT2D eigenvalue weighted by atomic mass is 15.1. The van der Waals surface area contributed by atoms with Crippen LogP contribution in [0.15, 0.2) is 0 Å². The molecule has 2 nitrogen and oxygen atoms in total. The minimum Gasteiger partial charge on any atom is -0.313 e. The van der Waals surface area contributed by atoms with Gasteiger partial charge < -0.3 is 10.2 Å². The van der Waals surface area contributed by atoms with E-state index in [2.05, 4.69) is 30.0 Å². The van der Waals surface area contributed by atoms with E-state index in [4.69, 9.17) is 6.42 Å². The average Bonchev–Trinajstić information content (AvgIpc) is 2.30. The van der Waals surface area contributed by atoms with E-state index in [-0.39, 0.29) is 0 Å². The highest BCUT2D eigenvalue weighted by molar-refractivity contribution is 4.86. The molecule has 0 radical (unpaired) electrons. The third-order valence-corrected chi connectivity index (χ3v) is 3.61. The number of rotatable bonds is 6. The predicted molar refractivity (Wildman–Crippen MR) is 70.4 cm³/mol. The zero-order valence-corrected chi connectivity index (χ0v) is 10.8. The van der Waals surface area contributed by atoms with Gasteiger partial charge in [-0.05, 0) is 51.7 Å². The standard InChI is InChI=1S/C14H26N2/c1-4-6-9-15-13(3)14-7-11-16(10-5-2)12-8-14/h1,13-15H,5-12H2,2-3H3. The van der Waals surface area contributed by atoms with Crippen molar-refractivity contribution in [2.45, 2.75) is 45.6 Å². The summed E-state index contributed by atoms with van der Waals surface area (Å²) in [4.78, 5) is 2.59. The van der Waals surface area contributed by atoms with Crippen LogP contribution in [-0.2, 0) is 0 Å². The molecule has 1 saturated heterocycles. The third-order valence-electron chi connectivity index (χ3n) is 3.61. The minimum absolute atomic E-state index is 0.622. The normalized spacial score (nSPS) is 20.6. The summed E-state index contributed by atoms with van der Waals surface area (Å²) in [5.41, 5.74) is 0. The average molecular weight is 222 g/mol. The van der Waals surface area contributed by atoms with Crippen LogP contribution in [0.2, 0.25) is 0 Å². The maximum Gasteiger partial charge on any atom is 0.0211 e. The van der Waals surface area contributed by atoms with Crippen LogP contribution < -0.4 is 5.32 Å². The molecule has 1 N–H and O–H groups in total. The van der Waals surface area contributed by atoms with Crippen LogP contribution in [0.4, 0.5) is 0 Å². The molecule has 0 amide bonds. The van der Waals surface area contributed by atoms with E-state index in [1.54, 1.807) is 0 Å². The second-order valence-corrected chi connectivity index (χ2v) is 4.88. The predicted octanol–water partition coefficient (Wildman–Crippen LogP) is 2.11.